The summed E-state index contributed by atoms with van der Waals surface area (Å²) in [6.45, 7) is 2.93. The molecule has 0 atom stereocenters. The van der Waals surface area contributed by atoms with Gasteiger partial charge in [0.1, 0.15) is 0 Å². The second-order valence-corrected chi connectivity index (χ2v) is 9.49. The molecular formula is C26H21F4N5O2. The number of nitrogens with one attached hydrogen (secondary N) is 2. The van der Waals surface area contributed by atoms with Crippen LogP contribution in [0.25, 0.3) is 22.0 Å². The van der Waals surface area contributed by atoms with Crippen molar-refractivity contribution >= 4 is 28.4 Å². The molecule has 0 saturated heterocycles. The smallest absolute Gasteiger partial charge is 0.325 e. The second-order valence-electron chi connectivity index (χ2n) is 9.49. The van der Waals surface area contributed by atoms with Crippen LogP contribution in [0.3, 0.4) is 0 Å². The van der Waals surface area contributed by atoms with Crippen LogP contribution in [0.5, 0.6) is 0 Å². The third-order valence-corrected chi connectivity index (χ3v) is 6.48. The maximum absolute atomic E-state index is 14.2. The third kappa shape index (κ3) is 4.52. The summed E-state index contributed by atoms with van der Waals surface area (Å²) < 4.78 is 53.7. The van der Waals surface area contributed by atoms with Gasteiger partial charge in [-0.1, -0.05) is 12.1 Å². The molecule has 0 fully saturated rings. The highest BCUT2D eigenvalue weighted by molar-refractivity contribution is 6.11. The molecule has 0 unspecified atom stereocenters. The van der Waals surface area contributed by atoms with Gasteiger partial charge in [-0.15, -0.1) is 0 Å². The van der Waals surface area contributed by atoms with Gasteiger partial charge in [0.05, 0.1) is 5.52 Å². The van der Waals surface area contributed by atoms with Gasteiger partial charge in [-0.3, -0.25) is 14.7 Å². The highest BCUT2D eigenvalue weighted by Crippen LogP contribution is 2.35. The van der Waals surface area contributed by atoms with E-state index in [2.05, 4.69) is 20.5 Å². The van der Waals surface area contributed by atoms with E-state index in [9.17, 15) is 27.2 Å². The first kappa shape index (κ1) is 24.4. The molecule has 3 heterocycles. The molecule has 4 aromatic rings. The lowest BCUT2D eigenvalue weighted by molar-refractivity contribution is -0.192. The van der Waals surface area contributed by atoms with E-state index in [0.29, 0.717) is 27.7 Å². The van der Waals surface area contributed by atoms with Crippen LogP contribution < -0.4 is 5.32 Å². The number of hydrogen-bond donors (Lipinski definition) is 2. The Morgan fingerprint density at radius 1 is 1.08 bits per heavy atom. The number of anilines is 1. The van der Waals surface area contributed by atoms with Crippen LogP contribution in [0, 0.1) is 5.95 Å². The maximum atomic E-state index is 14.2. The molecule has 2 aromatic carbocycles. The van der Waals surface area contributed by atoms with Gasteiger partial charge in [-0.2, -0.15) is 22.7 Å². The Morgan fingerprint density at radius 3 is 2.59 bits per heavy atom. The molecule has 0 aliphatic carbocycles. The Morgan fingerprint density at radius 2 is 1.86 bits per heavy atom. The van der Waals surface area contributed by atoms with Crippen LogP contribution in [0.15, 0.2) is 54.7 Å². The van der Waals surface area contributed by atoms with Gasteiger partial charge in [0.25, 0.3) is 5.91 Å². The number of carbonyl (C=O) groups excluding carboxylic acids is 2. The Labute approximate surface area is 208 Å². The predicted molar refractivity (Wildman–Crippen MR) is 128 cm³/mol. The number of aromatic amines is 1. The van der Waals surface area contributed by atoms with E-state index in [0.717, 1.165) is 10.5 Å². The fraction of sp³-hybridized carbons (Fsp3) is 0.231. The van der Waals surface area contributed by atoms with Gasteiger partial charge in [-0.05, 0) is 73.4 Å². The number of aromatic nitrogens is 3. The van der Waals surface area contributed by atoms with Crippen molar-refractivity contribution in [2.45, 2.75) is 38.5 Å². The molecule has 0 saturated carbocycles. The normalized spacial score (nSPS) is 14.9. The van der Waals surface area contributed by atoms with Crippen LogP contribution in [0.4, 0.5) is 23.2 Å². The minimum absolute atomic E-state index is 0.0638. The molecule has 7 nitrogen and oxygen atoms in total. The fourth-order valence-corrected chi connectivity index (χ4v) is 4.62. The van der Waals surface area contributed by atoms with Gasteiger partial charge in [0, 0.05) is 34.9 Å². The van der Waals surface area contributed by atoms with Gasteiger partial charge >= 0.3 is 12.1 Å². The van der Waals surface area contributed by atoms with Crippen molar-refractivity contribution in [2.24, 2.45) is 0 Å². The van der Waals surface area contributed by atoms with E-state index in [4.69, 9.17) is 0 Å². The number of carbonyl (C=O) groups is 2. The number of alkyl halides is 3. The first-order chi connectivity index (χ1) is 17.4. The lowest BCUT2D eigenvalue weighted by atomic mass is 9.85. The summed E-state index contributed by atoms with van der Waals surface area (Å²) in [6.07, 6.45) is -3.42. The van der Waals surface area contributed by atoms with Gasteiger partial charge in [0.2, 0.25) is 5.95 Å². The zero-order valence-corrected chi connectivity index (χ0v) is 19.8. The van der Waals surface area contributed by atoms with Crippen LogP contribution in [-0.4, -0.2) is 43.6 Å². The highest BCUT2D eigenvalue weighted by Gasteiger charge is 2.48. The molecule has 2 amide bonds. The van der Waals surface area contributed by atoms with Crippen LogP contribution in [0.1, 0.15) is 35.5 Å². The molecular weight excluding hydrogens is 490 g/mol. The molecule has 0 radical (unpaired) electrons. The van der Waals surface area contributed by atoms with Crippen molar-refractivity contribution < 1.29 is 27.2 Å². The number of rotatable bonds is 3. The molecule has 2 N–H and O–H groups in total. The Balaban J connectivity index is 1.42. The minimum atomic E-state index is -4.99. The zero-order chi connectivity index (χ0) is 26.5. The van der Waals surface area contributed by atoms with Crippen molar-refractivity contribution in [3.8, 4) is 11.1 Å². The molecule has 190 valence electrons. The summed E-state index contributed by atoms with van der Waals surface area (Å²) >= 11 is 0. The number of nitrogens with zero attached hydrogens (tertiary/aromatic N) is 3. The first-order valence-electron chi connectivity index (χ1n) is 11.3. The summed E-state index contributed by atoms with van der Waals surface area (Å²) in [4.78, 5) is 29.6. The van der Waals surface area contributed by atoms with Crippen molar-refractivity contribution in [3.05, 3.63) is 77.5 Å². The molecule has 1 aliphatic heterocycles. The van der Waals surface area contributed by atoms with E-state index < -0.39 is 29.5 Å². The fourth-order valence-electron chi connectivity index (χ4n) is 4.62. The van der Waals surface area contributed by atoms with Crippen LogP contribution in [-0.2, 0) is 17.8 Å². The summed E-state index contributed by atoms with van der Waals surface area (Å²) in [7, 11) is 0. The molecule has 0 bridgehead atoms. The minimum Gasteiger partial charge on any atom is -0.325 e. The average molecular weight is 511 g/mol. The Kier molecular flexibility index (Phi) is 5.73. The number of H-pyrrole nitrogens is 1. The lowest BCUT2D eigenvalue weighted by Gasteiger charge is -2.43. The first-order valence-corrected chi connectivity index (χ1v) is 11.3. The third-order valence-electron chi connectivity index (χ3n) is 6.48. The Hall–Kier alpha value is -4.28. The number of hydrogen-bond acceptors (Lipinski definition) is 4. The standard InChI is InChI=1S/C26H21F4N5O2/c1-25(2)12-15-5-7-17(10-16(15)13-35(25)24(37)26(28,29)30)32-23(36)21-19-11-14(6-8-20(19)33-34-21)18-4-3-9-31-22(18)27/h3-11H,12-13H2,1-2H3,(H,32,36)(H,33,34). The van der Waals surface area contributed by atoms with E-state index >= 15 is 0 Å². The number of fused-ring (bicyclic) bond motifs is 2. The zero-order valence-electron chi connectivity index (χ0n) is 19.8. The number of benzene rings is 2. The Bertz CT molecular complexity index is 1540. The quantitative estimate of drug-likeness (QED) is 0.291. The summed E-state index contributed by atoms with van der Waals surface area (Å²) in [6, 6.07) is 13.1. The van der Waals surface area contributed by atoms with Crippen LogP contribution in [0.2, 0.25) is 0 Å². The highest BCUT2D eigenvalue weighted by atomic mass is 19.4. The molecule has 5 rings (SSSR count). The van der Waals surface area contributed by atoms with Crippen molar-refractivity contribution in [1.29, 1.82) is 0 Å². The average Bonchev–Trinajstić information content (AvgIpc) is 3.26. The van der Waals surface area contributed by atoms with Crippen LogP contribution >= 0.6 is 0 Å². The second kappa shape index (κ2) is 8.68. The predicted octanol–water partition coefficient (Wildman–Crippen LogP) is 5.24. The molecule has 1 aliphatic rings. The van der Waals surface area contributed by atoms with Crippen molar-refractivity contribution in [3.63, 3.8) is 0 Å². The van der Waals surface area contributed by atoms with Crippen molar-refractivity contribution in [2.75, 3.05) is 5.32 Å². The molecule has 37 heavy (non-hydrogen) atoms. The largest absolute Gasteiger partial charge is 0.471 e. The molecule has 11 heteroatoms. The summed E-state index contributed by atoms with van der Waals surface area (Å²) in [5.74, 6) is -3.11. The number of pyridine rings is 1. The SMILES string of the molecule is CC1(C)Cc2ccc(NC(=O)c3n[nH]c4ccc(-c5cccnc5F)cc34)cc2CN1C(=O)C(F)(F)F. The molecule has 0 spiro atoms. The van der Waals surface area contributed by atoms with Gasteiger partial charge in [-0.25, -0.2) is 4.98 Å². The monoisotopic (exact) mass is 511 g/mol. The number of amides is 2. The van der Waals surface area contributed by atoms with Gasteiger partial charge < -0.3 is 10.2 Å². The molecule has 2 aromatic heterocycles. The summed E-state index contributed by atoms with van der Waals surface area (Å²) in [5, 5.41) is 10.0. The maximum Gasteiger partial charge on any atom is 0.471 e. The van der Waals surface area contributed by atoms with E-state index in [1.165, 1.54) is 6.20 Å². The van der Waals surface area contributed by atoms with E-state index in [-0.39, 0.29) is 24.2 Å². The summed E-state index contributed by atoms with van der Waals surface area (Å²) in [5.41, 5.74) is 2.03. The topological polar surface area (TPSA) is 91.0 Å². The van der Waals surface area contributed by atoms with Gasteiger partial charge in [0.15, 0.2) is 5.69 Å². The van der Waals surface area contributed by atoms with Crippen molar-refractivity contribution in [1.82, 2.24) is 20.1 Å². The lowest BCUT2D eigenvalue weighted by Crippen LogP contribution is -2.55. The van der Waals surface area contributed by atoms with E-state index in [1.807, 2.05) is 0 Å². The number of halogens is 4. The van der Waals surface area contributed by atoms with E-state index in [1.54, 1.807) is 62.4 Å².